The van der Waals surface area contributed by atoms with Crippen LogP contribution in [0.3, 0.4) is 0 Å². The third-order valence-electron chi connectivity index (χ3n) is 10.5. The standard InChI is InChI=1S/C50H84O12S/c1-3-5-7-9-11-13-15-17-18-19-20-21-22-23-24-25-27-28-30-32-34-36-38-45(51)59-40-43(41-60-50-49(55)48(54)47(53)44(62-50)42-63(56,57)58)61-46(52)39-37-35-33-31-29-26-16-14-12-10-8-6-4-2/h5,7,11,13,17-18,20-21,26,29,33,35,43-44,47-50,53-55H,3-4,6,8-10,12,14-16,19,22-25,27-28,30-32,34,36-42H2,1-2H3,(H,56,57,58)/b7-5+,13-11+,18-17+,21-20+,29-26+,35-33+/t43?,44-,47-,48?,49?,50+/m1/s1. The summed E-state index contributed by atoms with van der Waals surface area (Å²) in [6.07, 6.45) is 41.0. The molecule has 12 nitrogen and oxygen atoms in total. The van der Waals surface area contributed by atoms with Gasteiger partial charge in [0.25, 0.3) is 10.1 Å². The molecule has 0 aromatic rings. The van der Waals surface area contributed by atoms with Crippen LogP contribution in [0.5, 0.6) is 0 Å². The van der Waals surface area contributed by atoms with E-state index in [1.54, 1.807) is 0 Å². The second-order valence-electron chi connectivity index (χ2n) is 16.4. The smallest absolute Gasteiger partial charge is 0.306 e. The molecule has 0 radical (unpaired) electrons. The largest absolute Gasteiger partial charge is 0.462 e. The molecule has 3 unspecified atom stereocenters. The Morgan fingerprint density at radius 1 is 0.556 bits per heavy atom. The number of carbonyl (C=O) groups is 2. The highest BCUT2D eigenvalue weighted by Crippen LogP contribution is 2.24. The minimum Gasteiger partial charge on any atom is -0.462 e. The van der Waals surface area contributed by atoms with Crippen LogP contribution in [0.4, 0.5) is 0 Å². The lowest BCUT2D eigenvalue weighted by Gasteiger charge is -2.40. The molecule has 63 heavy (non-hydrogen) atoms. The number of unbranched alkanes of at least 4 members (excludes halogenated alkanes) is 15. The maximum Gasteiger partial charge on any atom is 0.306 e. The maximum atomic E-state index is 12.8. The SMILES string of the molecule is CC/C=C/C/C=C/C/C=C/C/C=C/CCCCCCCCCCCC(=O)OCC(CO[C@H]1O[C@H](CS(=O)(=O)O)[C@@H](O)C(O)C1O)OC(=O)CC/C=C/C/C=C/CCCCCCCC. The normalized spacial score (nSPS) is 20.4. The fourth-order valence-electron chi connectivity index (χ4n) is 6.84. The molecule has 1 fully saturated rings. The Balaban J connectivity index is 2.41. The molecule has 0 bridgehead atoms. The Morgan fingerprint density at radius 3 is 1.56 bits per heavy atom. The summed E-state index contributed by atoms with van der Waals surface area (Å²) in [7, 11) is -4.61. The van der Waals surface area contributed by atoms with Crippen LogP contribution in [0.25, 0.3) is 0 Å². The van der Waals surface area contributed by atoms with Gasteiger partial charge in [0.05, 0.1) is 6.61 Å². The van der Waals surface area contributed by atoms with E-state index in [-0.39, 0.29) is 19.4 Å². The molecule has 6 atom stereocenters. The van der Waals surface area contributed by atoms with Gasteiger partial charge in [-0.2, -0.15) is 8.42 Å². The quantitative estimate of drug-likeness (QED) is 0.0198. The number of aliphatic hydroxyl groups excluding tert-OH is 3. The van der Waals surface area contributed by atoms with Crippen molar-refractivity contribution in [3.8, 4) is 0 Å². The summed E-state index contributed by atoms with van der Waals surface area (Å²) < 4.78 is 54.0. The summed E-state index contributed by atoms with van der Waals surface area (Å²) in [6, 6.07) is 0. The van der Waals surface area contributed by atoms with E-state index in [1.165, 1.54) is 70.6 Å². The predicted octanol–water partition coefficient (Wildman–Crippen LogP) is 10.3. The summed E-state index contributed by atoms with van der Waals surface area (Å²) >= 11 is 0. The van der Waals surface area contributed by atoms with E-state index in [0.29, 0.717) is 12.8 Å². The van der Waals surface area contributed by atoms with E-state index >= 15 is 0 Å². The van der Waals surface area contributed by atoms with Gasteiger partial charge in [-0.3, -0.25) is 14.1 Å². The van der Waals surface area contributed by atoms with Crippen molar-refractivity contribution in [3.05, 3.63) is 72.9 Å². The van der Waals surface area contributed by atoms with Gasteiger partial charge in [-0.15, -0.1) is 0 Å². The van der Waals surface area contributed by atoms with Gasteiger partial charge in [0.15, 0.2) is 12.4 Å². The van der Waals surface area contributed by atoms with Gasteiger partial charge in [0.2, 0.25) is 0 Å². The number of allylic oxidation sites excluding steroid dienone is 12. The van der Waals surface area contributed by atoms with Gasteiger partial charge in [0, 0.05) is 12.8 Å². The second kappa shape index (κ2) is 39.5. The van der Waals surface area contributed by atoms with Crippen molar-refractivity contribution in [1.82, 2.24) is 0 Å². The van der Waals surface area contributed by atoms with Crippen LogP contribution in [0.2, 0.25) is 0 Å². The third-order valence-corrected chi connectivity index (χ3v) is 11.3. The lowest BCUT2D eigenvalue weighted by Crippen LogP contribution is -2.60. The summed E-state index contributed by atoms with van der Waals surface area (Å²) in [6.45, 7) is 3.58. The Labute approximate surface area is 380 Å². The molecule has 1 aliphatic rings. The van der Waals surface area contributed by atoms with Gasteiger partial charge in [-0.1, -0.05) is 164 Å². The fraction of sp³-hybridized carbons (Fsp3) is 0.720. The topological polar surface area (TPSA) is 186 Å². The minimum atomic E-state index is -4.61. The number of ether oxygens (including phenoxy) is 4. The molecule has 1 aliphatic heterocycles. The van der Waals surface area contributed by atoms with Gasteiger partial charge >= 0.3 is 11.9 Å². The van der Waals surface area contributed by atoms with Crippen molar-refractivity contribution >= 4 is 22.1 Å². The first-order valence-corrected chi connectivity index (χ1v) is 25.6. The highest BCUT2D eigenvalue weighted by molar-refractivity contribution is 7.85. The van der Waals surface area contributed by atoms with Gasteiger partial charge in [0.1, 0.15) is 36.8 Å². The molecule has 1 saturated heterocycles. The maximum absolute atomic E-state index is 12.8. The van der Waals surface area contributed by atoms with E-state index in [1.807, 2.05) is 12.2 Å². The van der Waals surface area contributed by atoms with Gasteiger partial charge in [-0.05, 0) is 70.6 Å². The van der Waals surface area contributed by atoms with Crippen molar-refractivity contribution < 1.29 is 56.8 Å². The highest BCUT2D eigenvalue weighted by atomic mass is 32.2. The Hall–Kier alpha value is -2.91. The molecule has 13 heteroatoms. The molecular formula is C50H84O12S. The summed E-state index contributed by atoms with van der Waals surface area (Å²) in [4.78, 5) is 25.4. The second-order valence-corrected chi connectivity index (χ2v) is 17.9. The van der Waals surface area contributed by atoms with Crippen LogP contribution in [-0.4, -0.2) is 96.0 Å². The molecule has 0 amide bonds. The first-order chi connectivity index (χ1) is 30.5. The lowest BCUT2D eigenvalue weighted by molar-refractivity contribution is -0.297. The molecule has 0 aromatic heterocycles. The summed E-state index contributed by atoms with van der Waals surface area (Å²) in [5, 5.41) is 30.9. The molecule has 0 saturated carbocycles. The average Bonchev–Trinajstić information content (AvgIpc) is 3.25. The van der Waals surface area contributed by atoms with Crippen molar-refractivity contribution in [2.24, 2.45) is 0 Å². The van der Waals surface area contributed by atoms with Crippen LogP contribution < -0.4 is 0 Å². The first-order valence-electron chi connectivity index (χ1n) is 24.0. The number of esters is 2. The molecule has 362 valence electrons. The zero-order valence-corrected chi connectivity index (χ0v) is 39.5. The van der Waals surface area contributed by atoms with Crippen molar-refractivity contribution in [3.63, 3.8) is 0 Å². The van der Waals surface area contributed by atoms with E-state index in [4.69, 9.17) is 18.9 Å². The zero-order chi connectivity index (χ0) is 46.2. The van der Waals surface area contributed by atoms with Crippen LogP contribution in [0.15, 0.2) is 72.9 Å². The number of hydrogen-bond acceptors (Lipinski definition) is 11. The van der Waals surface area contributed by atoms with E-state index in [2.05, 4.69) is 74.6 Å². The monoisotopic (exact) mass is 909 g/mol. The van der Waals surface area contributed by atoms with Crippen molar-refractivity contribution in [2.75, 3.05) is 19.0 Å². The molecule has 0 aliphatic carbocycles. The molecular weight excluding hydrogens is 825 g/mol. The van der Waals surface area contributed by atoms with Crippen LogP contribution in [-0.2, 0) is 38.7 Å². The Kier molecular flexibility index (Phi) is 36.4. The van der Waals surface area contributed by atoms with Crippen LogP contribution in [0.1, 0.15) is 174 Å². The number of hydrogen-bond donors (Lipinski definition) is 4. The van der Waals surface area contributed by atoms with Crippen molar-refractivity contribution in [1.29, 1.82) is 0 Å². The molecule has 0 spiro atoms. The highest BCUT2D eigenvalue weighted by Gasteiger charge is 2.46. The van der Waals surface area contributed by atoms with Crippen molar-refractivity contribution in [2.45, 2.75) is 211 Å². The first kappa shape index (κ1) is 58.1. The van der Waals surface area contributed by atoms with E-state index in [9.17, 15) is 37.9 Å². The molecule has 0 aromatic carbocycles. The summed E-state index contributed by atoms with van der Waals surface area (Å²) in [5.74, 6) is -2.08. The van der Waals surface area contributed by atoms with E-state index < -0.39 is 71.2 Å². The van der Waals surface area contributed by atoms with Gasteiger partial charge in [-0.25, -0.2) is 0 Å². The lowest BCUT2D eigenvalue weighted by atomic mass is 10.00. The van der Waals surface area contributed by atoms with Gasteiger partial charge < -0.3 is 34.3 Å². The Bertz CT molecular complexity index is 1440. The average molecular weight is 909 g/mol. The van der Waals surface area contributed by atoms with Crippen LogP contribution >= 0.6 is 0 Å². The Morgan fingerprint density at radius 2 is 1.03 bits per heavy atom. The zero-order valence-electron chi connectivity index (χ0n) is 38.7. The number of aliphatic hydroxyl groups is 3. The predicted molar refractivity (Wildman–Crippen MR) is 252 cm³/mol. The molecule has 1 rings (SSSR count). The van der Waals surface area contributed by atoms with Crippen LogP contribution in [0, 0.1) is 0 Å². The fourth-order valence-corrected chi connectivity index (χ4v) is 7.53. The number of rotatable bonds is 39. The summed E-state index contributed by atoms with van der Waals surface area (Å²) in [5.41, 5.74) is 0. The van der Waals surface area contributed by atoms with E-state index in [0.717, 1.165) is 64.2 Å². The molecule has 1 heterocycles. The molecule has 4 N–H and O–H groups in total. The third kappa shape index (κ3) is 34.2. The number of carbonyl (C=O) groups excluding carboxylic acids is 2. The minimum absolute atomic E-state index is 0.0539.